The van der Waals surface area contributed by atoms with Crippen LogP contribution in [0.25, 0.3) is 11.0 Å². The number of ether oxygens (including phenoxy) is 1. The SMILES string of the molecule is CN1CCOC(C(N)Cc2nc3ccccc3n2C)C1. The third kappa shape index (κ3) is 2.57. The Labute approximate surface area is 119 Å². The molecule has 1 fully saturated rings. The van der Waals surface area contributed by atoms with E-state index in [1.54, 1.807) is 0 Å². The normalized spacial score (nSPS) is 22.2. The lowest BCUT2D eigenvalue weighted by atomic mass is 10.1. The lowest BCUT2D eigenvalue weighted by Crippen LogP contribution is -2.50. The minimum atomic E-state index is -0.0201. The molecule has 2 unspecified atom stereocenters. The zero-order valence-corrected chi connectivity index (χ0v) is 12.1. The highest BCUT2D eigenvalue weighted by atomic mass is 16.5. The average Bonchev–Trinajstić information content (AvgIpc) is 2.76. The van der Waals surface area contributed by atoms with Crippen LogP contribution in [0.5, 0.6) is 0 Å². The summed E-state index contributed by atoms with van der Waals surface area (Å²) in [6, 6.07) is 8.15. The maximum absolute atomic E-state index is 6.33. The van der Waals surface area contributed by atoms with Gasteiger partial charge >= 0.3 is 0 Å². The van der Waals surface area contributed by atoms with Crippen LogP contribution in [0.3, 0.4) is 0 Å². The predicted molar refractivity (Wildman–Crippen MR) is 79.6 cm³/mol. The van der Waals surface area contributed by atoms with E-state index in [4.69, 9.17) is 10.5 Å². The van der Waals surface area contributed by atoms with Crippen molar-refractivity contribution in [2.75, 3.05) is 26.7 Å². The van der Waals surface area contributed by atoms with Gasteiger partial charge in [-0.2, -0.15) is 0 Å². The van der Waals surface area contributed by atoms with E-state index in [-0.39, 0.29) is 12.1 Å². The molecule has 0 saturated carbocycles. The third-order valence-electron chi connectivity index (χ3n) is 4.07. The Hall–Kier alpha value is -1.43. The molecule has 2 heterocycles. The monoisotopic (exact) mass is 274 g/mol. The molecule has 0 bridgehead atoms. The van der Waals surface area contributed by atoms with Crippen LogP contribution in [0, 0.1) is 0 Å². The van der Waals surface area contributed by atoms with Gasteiger partial charge in [0.25, 0.3) is 0 Å². The summed E-state index contributed by atoms with van der Waals surface area (Å²) in [4.78, 5) is 6.95. The summed E-state index contributed by atoms with van der Waals surface area (Å²) in [5.74, 6) is 1.02. The Morgan fingerprint density at radius 1 is 1.40 bits per heavy atom. The number of morpholine rings is 1. The van der Waals surface area contributed by atoms with Gasteiger partial charge in [0.2, 0.25) is 0 Å². The molecular weight excluding hydrogens is 252 g/mol. The number of imidazole rings is 1. The Bertz CT molecular complexity index is 595. The van der Waals surface area contributed by atoms with Crippen molar-refractivity contribution in [2.24, 2.45) is 12.8 Å². The van der Waals surface area contributed by atoms with Crippen molar-refractivity contribution < 1.29 is 4.74 Å². The summed E-state index contributed by atoms with van der Waals surface area (Å²) in [7, 11) is 4.16. The molecule has 108 valence electrons. The van der Waals surface area contributed by atoms with E-state index in [2.05, 4.69) is 27.6 Å². The second kappa shape index (κ2) is 5.52. The minimum Gasteiger partial charge on any atom is -0.374 e. The van der Waals surface area contributed by atoms with E-state index in [0.29, 0.717) is 0 Å². The average molecular weight is 274 g/mol. The molecule has 1 aliphatic rings. The van der Waals surface area contributed by atoms with E-state index in [1.165, 1.54) is 0 Å². The van der Waals surface area contributed by atoms with Crippen LogP contribution in [-0.2, 0) is 18.2 Å². The van der Waals surface area contributed by atoms with Crippen molar-refractivity contribution in [1.29, 1.82) is 0 Å². The zero-order chi connectivity index (χ0) is 14.1. The van der Waals surface area contributed by atoms with Crippen LogP contribution in [0.15, 0.2) is 24.3 Å². The molecule has 3 rings (SSSR count). The van der Waals surface area contributed by atoms with Gasteiger partial charge in [0.1, 0.15) is 5.82 Å². The van der Waals surface area contributed by atoms with Crippen LogP contribution in [0.1, 0.15) is 5.82 Å². The van der Waals surface area contributed by atoms with E-state index in [9.17, 15) is 0 Å². The Kier molecular flexibility index (Phi) is 3.74. The largest absolute Gasteiger partial charge is 0.374 e. The number of para-hydroxylation sites is 2. The second-order valence-electron chi connectivity index (χ2n) is 5.62. The molecule has 0 spiro atoms. The number of aryl methyl sites for hydroxylation is 1. The number of benzene rings is 1. The van der Waals surface area contributed by atoms with Gasteiger partial charge in [-0.15, -0.1) is 0 Å². The molecule has 2 atom stereocenters. The summed E-state index contributed by atoms with van der Waals surface area (Å²) < 4.78 is 7.92. The number of rotatable bonds is 3. The van der Waals surface area contributed by atoms with Gasteiger partial charge < -0.3 is 19.9 Å². The van der Waals surface area contributed by atoms with E-state index >= 15 is 0 Å². The number of hydrogen-bond donors (Lipinski definition) is 1. The van der Waals surface area contributed by atoms with Gasteiger partial charge in [0.05, 0.1) is 23.7 Å². The first-order valence-electron chi connectivity index (χ1n) is 7.11. The quantitative estimate of drug-likeness (QED) is 0.898. The lowest BCUT2D eigenvalue weighted by molar-refractivity contribution is -0.0322. The highest BCUT2D eigenvalue weighted by Gasteiger charge is 2.25. The van der Waals surface area contributed by atoms with Crippen LogP contribution in [-0.4, -0.2) is 53.3 Å². The maximum Gasteiger partial charge on any atom is 0.111 e. The first kappa shape index (κ1) is 13.5. The molecule has 5 nitrogen and oxygen atoms in total. The van der Waals surface area contributed by atoms with E-state index in [0.717, 1.165) is 43.0 Å². The number of nitrogens with zero attached hydrogens (tertiary/aromatic N) is 3. The molecular formula is C15H22N4O. The van der Waals surface area contributed by atoms with Crippen molar-refractivity contribution in [3.05, 3.63) is 30.1 Å². The van der Waals surface area contributed by atoms with Gasteiger partial charge in [0.15, 0.2) is 0 Å². The number of nitrogens with two attached hydrogens (primary N) is 1. The molecule has 2 aromatic rings. The summed E-state index contributed by atoms with van der Waals surface area (Å²) in [5, 5.41) is 0. The summed E-state index contributed by atoms with van der Waals surface area (Å²) >= 11 is 0. The minimum absolute atomic E-state index is 0.0201. The third-order valence-corrected chi connectivity index (χ3v) is 4.07. The molecule has 20 heavy (non-hydrogen) atoms. The Morgan fingerprint density at radius 2 is 2.20 bits per heavy atom. The smallest absolute Gasteiger partial charge is 0.111 e. The number of likely N-dealkylation sites (N-methyl/N-ethyl adjacent to an activating group) is 1. The first-order valence-corrected chi connectivity index (χ1v) is 7.11. The van der Waals surface area contributed by atoms with Crippen molar-refractivity contribution >= 4 is 11.0 Å². The van der Waals surface area contributed by atoms with Crippen LogP contribution in [0.2, 0.25) is 0 Å². The predicted octanol–water partition coefficient (Wildman–Crippen LogP) is 0.774. The topological polar surface area (TPSA) is 56.3 Å². The molecule has 1 aromatic heterocycles. The van der Waals surface area contributed by atoms with Crippen LogP contribution < -0.4 is 5.73 Å². The summed E-state index contributed by atoms with van der Waals surface area (Å²) in [5.41, 5.74) is 8.50. The highest BCUT2D eigenvalue weighted by Crippen LogP contribution is 2.17. The van der Waals surface area contributed by atoms with Gasteiger partial charge in [-0.25, -0.2) is 4.98 Å². The molecule has 0 aliphatic carbocycles. The van der Waals surface area contributed by atoms with Crippen molar-refractivity contribution in [3.63, 3.8) is 0 Å². The molecule has 5 heteroatoms. The fourth-order valence-corrected chi connectivity index (χ4v) is 2.79. The van der Waals surface area contributed by atoms with E-state index < -0.39 is 0 Å². The van der Waals surface area contributed by atoms with Gasteiger partial charge in [-0.05, 0) is 19.2 Å². The van der Waals surface area contributed by atoms with E-state index in [1.807, 2.05) is 25.2 Å². The number of aromatic nitrogens is 2. The number of hydrogen-bond acceptors (Lipinski definition) is 4. The fourth-order valence-electron chi connectivity index (χ4n) is 2.79. The standard InChI is InChI=1S/C15H22N4O/c1-18-7-8-20-14(10-18)11(16)9-15-17-12-5-3-4-6-13(12)19(15)2/h3-6,11,14H,7-10,16H2,1-2H3. The van der Waals surface area contributed by atoms with Gasteiger partial charge in [-0.1, -0.05) is 12.1 Å². The molecule has 1 saturated heterocycles. The molecule has 1 aliphatic heterocycles. The summed E-state index contributed by atoms with van der Waals surface area (Å²) in [6.45, 7) is 2.64. The lowest BCUT2D eigenvalue weighted by Gasteiger charge is -2.33. The number of fused-ring (bicyclic) bond motifs is 1. The maximum atomic E-state index is 6.33. The fraction of sp³-hybridized carbons (Fsp3) is 0.533. The molecule has 0 amide bonds. The summed E-state index contributed by atoms with van der Waals surface area (Å²) in [6.07, 6.45) is 0.831. The Morgan fingerprint density at radius 3 is 2.95 bits per heavy atom. The molecule has 2 N–H and O–H groups in total. The first-order chi connectivity index (χ1) is 9.65. The Balaban J connectivity index is 1.77. The molecule has 0 radical (unpaired) electrons. The zero-order valence-electron chi connectivity index (χ0n) is 12.1. The highest BCUT2D eigenvalue weighted by molar-refractivity contribution is 5.75. The van der Waals surface area contributed by atoms with Gasteiger partial charge in [-0.3, -0.25) is 0 Å². The van der Waals surface area contributed by atoms with Gasteiger partial charge in [0, 0.05) is 32.6 Å². The van der Waals surface area contributed by atoms with Crippen molar-refractivity contribution in [2.45, 2.75) is 18.6 Å². The van der Waals surface area contributed by atoms with Crippen LogP contribution >= 0.6 is 0 Å². The van der Waals surface area contributed by atoms with Crippen molar-refractivity contribution in [3.8, 4) is 0 Å². The second-order valence-corrected chi connectivity index (χ2v) is 5.62. The van der Waals surface area contributed by atoms with Crippen LogP contribution in [0.4, 0.5) is 0 Å². The van der Waals surface area contributed by atoms with Crippen molar-refractivity contribution in [1.82, 2.24) is 14.5 Å². The molecule has 1 aromatic carbocycles.